The number of carbonyl (C=O) groups is 1. The number of aromatic nitrogens is 1. The number of halogens is 1. The number of benzene rings is 1. The molecule has 0 radical (unpaired) electrons. The second-order valence-corrected chi connectivity index (χ2v) is 5.57. The van der Waals surface area contributed by atoms with Gasteiger partial charge in [-0.3, -0.25) is 9.78 Å². The number of hydrogen-bond donors (Lipinski definition) is 2. The summed E-state index contributed by atoms with van der Waals surface area (Å²) in [4.78, 5) is 15.9. The Morgan fingerprint density at radius 3 is 2.67 bits per heavy atom. The molecule has 5 heteroatoms. The lowest BCUT2D eigenvalue weighted by molar-refractivity contribution is 0.0953. The molecule has 0 aliphatic carbocycles. The highest BCUT2D eigenvalue weighted by Gasteiger charge is 2.03. The van der Waals surface area contributed by atoms with Crippen LogP contribution in [0.15, 0.2) is 53.3 Å². The van der Waals surface area contributed by atoms with Gasteiger partial charge in [-0.1, -0.05) is 22.0 Å². The minimum absolute atomic E-state index is 0.0326. The Balaban J connectivity index is 1.59. The van der Waals surface area contributed by atoms with Gasteiger partial charge in [0, 0.05) is 35.5 Å². The van der Waals surface area contributed by atoms with Crippen LogP contribution in [0.4, 0.5) is 0 Å². The zero-order valence-electron chi connectivity index (χ0n) is 11.7. The zero-order valence-corrected chi connectivity index (χ0v) is 13.3. The van der Waals surface area contributed by atoms with Crippen LogP contribution in [0.2, 0.25) is 0 Å². The van der Waals surface area contributed by atoms with E-state index in [9.17, 15) is 4.79 Å². The highest BCUT2D eigenvalue weighted by Crippen LogP contribution is 2.10. The van der Waals surface area contributed by atoms with Crippen molar-refractivity contribution in [1.82, 2.24) is 15.6 Å². The molecule has 0 aliphatic rings. The fourth-order valence-electron chi connectivity index (χ4n) is 1.85. The molecule has 0 fully saturated rings. The second kappa shape index (κ2) is 8.54. The molecule has 0 spiro atoms. The Morgan fingerprint density at radius 1 is 1.14 bits per heavy atom. The summed E-state index contributed by atoms with van der Waals surface area (Å²) in [5.41, 5.74) is 1.85. The molecular formula is C16H18BrN3O. The summed E-state index contributed by atoms with van der Waals surface area (Å²) in [6.07, 6.45) is 4.51. The molecule has 0 saturated carbocycles. The van der Waals surface area contributed by atoms with Gasteiger partial charge in [0.05, 0.1) is 0 Å². The average Bonchev–Trinajstić information content (AvgIpc) is 2.52. The van der Waals surface area contributed by atoms with Crippen LogP contribution >= 0.6 is 15.9 Å². The predicted molar refractivity (Wildman–Crippen MR) is 87.0 cm³/mol. The summed E-state index contributed by atoms with van der Waals surface area (Å²) < 4.78 is 0.971. The minimum Gasteiger partial charge on any atom is -0.352 e. The van der Waals surface area contributed by atoms with Crippen molar-refractivity contribution in [3.63, 3.8) is 0 Å². The van der Waals surface area contributed by atoms with Crippen LogP contribution in [0.25, 0.3) is 0 Å². The molecule has 0 aliphatic heterocycles. The maximum Gasteiger partial charge on any atom is 0.251 e. The molecule has 1 aromatic carbocycles. The van der Waals surface area contributed by atoms with Gasteiger partial charge in [-0.2, -0.15) is 0 Å². The van der Waals surface area contributed by atoms with E-state index in [0.717, 1.165) is 29.5 Å². The van der Waals surface area contributed by atoms with E-state index in [2.05, 4.69) is 31.5 Å². The van der Waals surface area contributed by atoms with Crippen LogP contribution in [0, 0.1) is 0 Å². The first-order chi connectivity index (χ1) is 10.3. The molecule has 4 nitrogen and oxygen atoms in total. The van der Waals surface area contributed by atoms with Gasteiger partial charge in [0.15, 0.2) is 0 Å². The third kappa shape index (κ3) is 5.65. The number of rotatable bonds is 7. The minimum atomic E-state index is -0.0326. The third-order valence-electron chi connectivity index (χ3n) is 2.97. The fraction of sp³-hybridized carbons (Fsp3) is 0.250. The van der Waals surface area contributed by atoms with Crippen molar-refractivity contribution in [2.75, 3.05) is 13.1 Å². The summed E-state index contributed by atoms with van der Waals surface area (Å²) in [7, 11) is 0. The Hall–Kier alpha value is -1.72. The van der Waals surface area contributed by atoms with Crippen LogP contribution in [-0.2, 0) is 6.54 Å². The molecule has 2 rings (SSSR count). The van der Waals surface area contributed by atoms with Crippen molar-refractivity contribution >= 4 is 21.8 Å². The molecule has 0 atom stereocenters. The first-order valence-electron chi connectivity index (χ1n) is 6.89. The van der Waals surface area contributed by atoms with Crippen LogP contribution in [0.3, 0.4) is 0 Å². The normalized spacial score (nSPS) is 10.3. The zero-order chi connectivity index (χ0) is 14.9. The van der Waals surface area contributed by atoms with E-state index in [4.69, 9.17) is 0 Å². The molecule has 0 bridgehead atoms. The number of carbonyl (C=O) groups excluding carboxylic acids is 1. The van der Waals surface area contributed by atoms with E-state index >= 15 is 0 Å². The van der Waals surface area contributed by atoms with Gasteiger partial charge in [-0.25, -0.2) is 0 Å². The molecule has 2 aromatic rings. The van der Waals surface area contributed by atoms with Crippen molar-refractivity contribution in [1.29, 1.82) is 0 Å². The Labute approximate surface area is 133 Å². The van der Waals surface area contributed by atoms with E-state index in [1.807, 2.05) is 30.5 Å². The maximum absolute atomic E-state index is 11.9. The van der Waals surface area contributed by atoms with E-state index < -0.39 is 0 Å². The molecule has 21 heavy (non-hydrogen) atoms. The lowest BCUT2D eigenvalue weighted by Crippen LogP contribution is -2.27. The molecule has 1 aromatic heterocycles. The first-order valence-corrected chi connectivity index (χ1v) is 7.68. The third-order valence-corrected chi connectivity index (χ3v) is 3.50. The molecule has 0 saturated heterocycles. The van der Waals surface area contributed by atoms with Crippen molar-refractivity contribution in [3.8, 4) is 0 Å². The van der Waals surface area contributed by atoms with Gasteiger partial charge in [-0.05, 0) is 48.9 Å². The summed E-state index contributed by atoms with van der Waals surface area (Å²) in [5, 5.41) is 6.24. The molecule has 1 heterocycles. The average molecular weight is 348 g/mol. The number of nitrogens with zero attached hydrogens (tertiary/aromatic N) is 1. The van der Waals surface area contributed by atoms with Crippen molar-refractivity contribution in [2.45, 2.75) is 13.0 Å². The van der Waals surface area contributed by atoms with Gasteiger partial charge >= 0.3 is 0 Å². The lowest BCUT2D eigenvalue weighted by Gasteiger charge is -2.07. The predicted octanol–water partition coefficient (Wildman–Crippen LogP) is 2.75. The standard InChI is InChI=1S/C16H18BrN3O/c17-15-6-4-14(5-7-15)16(21)20-10-2-9-19-12-13-3-1-8-18-11-13/h1,3-8,11,19H,2,9-10,12H2,(H,20,21). The summed E-state index contributed by atoms with van der Waals surface area (Å²) >= 11 is 3.35. The van der Waals surface area contributed by atoms with Crippen LogP contribution in [-0.4, -0.2) is 24.0 Å². The topological polar surface area (TPSA) is 54.0 Å². The number of nitrogens with one attached hydrogen (secondary N) is 2. The number of amides is 1. The van der Waals surface area contributed by atoms with E-state index in [-0.39, 0.29) is 5.91 Å². The highest BCUT2D eigenvalue weighted by molar-refractivity contribution is 9.10. The lowest BCUT2D eigenvalue weighted by atomic mass is 10.2. The Kier molecular flexibility index (Phi) is 6.37. The Bertz CT molecular complexity index is 557. The van der Waals surface area contributed by atoms with Crippen LogP contribution in [0.5, 0.6) is 0 Å². The van der Waals surface area contributed by atoms with Gasteiger partial charge < -0.3 is 10.6 Å². The summed E-state index contributed by atoms with van der Waals surface area (Å²) in [6.45, 7) is 2.32. The smallest absolute Gasteiger partial charge is 0.251 e. The molecule has 0 unspecified atom stereocenters. The largest absolute Gasteiger partial charge is 0.352 e. The molecular weight excluding hydrogens is 330 g/mol. The summed E-state index contributed by atoms with van der Waals surface area (Å²) in [6, 6.07) is 11.3. The fourth-order valence-corrected chi connectivity index (χ4v) is 2.12. The van der Waals surface area contributed by atoms with Crippen molar-refractivity contribution in [2.24, 2.45) is 0 Å². The number of pyridine rings is 1. The van der Waals surface area contributed by atoms with Gasteiger partial charge in [0.1, 0.15) is 0 Å². The van der Waals surface area contributed by atoms with Gasteiger partial charge in [0.2, 0.25) is 0 Å². The van der Waals surface area contributed by atoms with Gasteiger partial charge in [-0.15, -0.1) is 0 Å². The maximum atomic E-state index is 11.9. The van der Waals surface area contributed by atoms with E-state index in [1.165, 1.54) is 0 Å². The van der Waals surface area contributed by atoms with Crippen LogP contribution in [0.1, 0.15) is 22.3 Å². The Morgan fingerprint density at radius 2 is 1.95 bits per heavy atom. The highest BCUT2D eigenvalue weighted by atomic mass is 79.9. The van der Waals surface area contributed by atoms with Crippen LogP contribution < -0.4 is 10.6 Å². The SMILES string of the molecule is O=C(NCCCNCc1cccnc1)c1ccc(Br)cc1. The molecule has 110 valence electrons. The van der Waals surface area contributed by atoms with Gasteiger partial charge in [0.25, 0.3) is 5.91 Å². The quantitative estimate of drug-likeness (QED) is 0.757. The molecule has 2 N–H and O–H groups in total. The summed E-state index contributed by atoms with van der Waals surface area (Å²) in [5.74, 6) is -0.0326. The van der Waals surface area contributed by atoms with Crippen molar-refractivity contribution < 1.29 is 4.79 Å². The van der Waals surface area contributed by atoms with E-state index in [0.29, 0.717) is 12.1 Å². The first kappa shape index (κ1) is 15.7. The van der Waals surface area contributed by atoms with Crippen molar-refractivity contribution in [3.05, 3.63) is 64.4 Å². The second-order valence-electron chi connectivity index (χ2n) is 4.65. The van der Waals surface area contributed by atoms with E-state index in [1.54, 1.807) is 18.3 Å². The monoisotopic (exact) mass is 347 g/mol. The number of hydrogen-bond acceptors (Lipinski definition) is 3. The molecule has 1 amide bonds.